The maximum Gasteiger partial charge on any atom is 0.508 e. The number of halogens is 4. The Labute approximate surface area is 132 Å². The van der Waals surface area contributed by atoms with Gasteiger partial charge in [-0.3, -0.25) is 0 Å². The largest absolute Gasteiger partial charge is 0.508 e. The summed E-state index contributed by atoms with van der Waals surface area (Å²) in [6.07, 6.45) is 0. The van der Waals surface area contributed by atoms with Gasteiger partial charge in [0.25, 0.3) is 0 Å². The van der Waals surface area contributed by atoms with Crippen LogP contribution in [0.25, 0.3) is 20.2 Å². The van der Waals surface area contributed by atoms with Crippen molar-refractivity contribution in [3.8, 4) is 5.75 Å². The average molecular weight is 395 g/mol. The first-order valence-electron chi connectivity index (χ1n) is 5.64. The van der Waals surface area contributed by atoms with E-state index in [0.29, 0.717) is 0 Å². The topological polar surface area (TPSA) is 26.3 Å². The van der Waals surface area contributed by atoms with Crippen molar-refractivity contribution in [2.75, 3.05) is 0 Å². The van der Waals surface area contributed by atoms with Crippen molar-refractivity contribution in [3.05, 3.63) is 40.9 Å². The molecule has 8 heteroatoms. The Bertz CT molecular complexity index is 858. The van der Waals surface area contributed by atoms with E-state index < -0.39 is 16.6 Å². The van der Waals surface area contributed by atoms with Gasteiger partial charge in [-0.2, -0.15) is 13.2 Å². The molecule has 0 radical (unpaired) electrons. The van der Waals surface area contributed by atoms with Gasteiger partial charge in [-0.15, -0.1) is 11.3 Å². The van der Waals surface area contributed by atoms with Gasteiger partial charge in [0.1, 0.15) is 5.75 Å². The van der Waals surface area contributed by atoms with Crippen LogP contribution < -0.4 is 4.18 Å². The van der Waals surface area contributed by atoms with Gasteiger partial charge >= 0.3 is 16.6 Å². The smallest absolute Gasteiger partial charge is 0.394 e. The summed E-state index contributed by atoms with van der Waals surface area (Å²) in [5, 5.41) is 1.93. The van der Waals surface area contributed by atoms with Gasteiger partial charge in [-0.25, -0.2) is 4.21 Å². The van der Waals surface area contributed by atoms with Gasteiger partial charge in [0.2, 0.25) is 0 Å². The first-order valence-corrected chi connectivity index (χ1v) is 8.32. The quantitative estimate of drug-likeness (QED) is 0.583. The van der Waals surface area contributed by atoms with Gasteiger partial charge in [-0.05, 0) is 40.2 Å². The van der Waals surface area contributed by atoms with Gasteiger partial charge in [0.15, 0.2) is 0 Å². The average Bonchev–Trinajstić information content (AvgIpc) is 2.77. The van der Waals surface area contributed by atoms with Crippen LogP contribution in [0.15, 0.2) is 40.9 Å². The van der Waals surface area contributed by atoms with E-state index in [2.05, 4.69) is 20.1 Å². The first-order chi connectivity index (χ1) is 9.86. The maximum atomic E-state index is 12.2. The molecule has 0 fully saturated rings. The van der Waals surface area contributed by atoms with Crippen molar-refractivity contribution in [1.82, 2.24) is 0 Å². The molecule has 110 valence electrons. The second-order valence-electron chi connectivity index (χ2n) is 4.14. The molecule has 3 rings (SSSR count). The lowest BCUT2D eigenvalue weighted by Crippen LogP contribution is -2.20. The van der Waals surface area contributed by atoms with E-state index in [0.717, 1.165) is 24.6 Å². The van der Waals surface area contributed by atoms with Crippen LogP contribution in [0.1, 0.15) is 0 Å². The fourth-order valence-corrected chi connectivity index (χ4v) is 4.05. The number of fused-ring (bicyclic) bond motifs is 3. The zero-order valence-electron chi connectivity index (χ0n) is 10.1. The van der Waals surface area contributed by atoms with Crippen LogP contribution in [0.5, 0.6) is 5.75 Å². The third kappa shape index (κ3) is 2.79. The molecule has 2 nitrogen and oxygen atoms in total. The Morgan fingerprint density at radius 1 is 1.14 bits per heavy atom. The lowest BCUT2D eigenvalue weighted by atomic mass is 10.1. The van der Waals surface area contributed by atoms with Crippen molar-refractivity contribution in [1.29, 1.82) is 0 Å². The summed E-state index contributed by atoms with van der Waals surface area (Å²) in [4.78, 5) is 0. The molecule has 1 heterocycles. The summed E-state index contributed by atoms with van der Waals surface area (Å²) in [5.74, 6) is -0.0687. The standard InChI is InChI=1S/C13H6BrF3O2S2/c14-10-3-1-2-9-8-5-4-7(6-11(8)20-12(9)10)19-21(18)13(15,16)17/h1-6H. The van der Waals surface area contributed by atoms with Crippen LogP contribution in [0, 0.1) is 0 Å². The van der Waals surface area contributed by atoms with Crippen LogP contribution in [-0.2, 0) is 11.1 Å². The number of benzene rings is 2. The highest BCUT2D eigenvalue weighted by Crippen LogP contribution is 2.39. The molecule has 0 bridgehead atoms. The highest BCUT2D eigenvalue weighted by Gasteiger charge is 2.40. The van der Waals surface area contributed by atoms with Gasteiger partial charge in [0, 0.05) is 24.6 Å². The number of thiophene rings is 1. The van der Waals surface area contributed by atoms with Crippen LogP contribution in [0.3, 0.4) is 0 Å². The van der Waals surface area contributed by atoms with E-state index >= 15 is 0 Å². The van der Waals surface area contributed by atoms with Crippen LogP contribution in [-0.4, -0.2) is 9.72 Å². The van der Waals surface area contributed by atoms with Crippen LogP contribution >= 0.6 is 27.3 Å². The van der Waals surface area contributed by atoms with Crippen molar-refractivity contribution >= 4 is 58.5 Å². The van der Waals surface area contributed by atoms with E-state index in [1.807, 2.05) is 18.2 Å². The summed E-state index contributed by atoms with van der Waals surface area (Å²) in [5.41, 5.74) is -4.89. The molecule has 0 aliphatic carbocycles. The summed E-state index contributed by atoms with van der Waals surface area (Å²) < 4.78 is 54.8. The molecule has 1 aromatic heterocycles. The summed E-state index contributed by atoms with van der Waals surface area (Å²) >= 11 is 1.51. The molecule has 21 heavy (non-hydrogen) atoms. The van der Waals surface area contributed by atoms with E-state index in [1.165, 1.54) is 23.5 Å². The van der Waals surface area contributed by atoms with Crippen molar-refractivity contribution < 1.29 is 21.6 Å². The highest BCUT2D eigenvalue weighted by molar-refractivity contribution is 9.10. The zero-order chi connectivity index (χ0) is 15.2. The van der Waals surface area contributed by atoms with E-state index in [-0.39, 0.29) is 5.75 Å². The van der Waals surface area contributed by atoms with Gasteiger partial charge < -0.3 is 4.18 Å². The van der Waals surface area contributed by atoms with Gasteiger partial charge in [0.05, 0.1) is 0 Å². The summed E-state index contributed by atoms with van der Waals surface area (Å²) in [6.45, 7) is 0. The number of rotatable bonds is 2. The lowest BCUT2D eigenvalue weighted by molar-refractivity contribution is -0.0437. The maximum absolute atomic E-state index is 12.2. The minimum absolute atomic E-state index is 0.0687. The molecule has 0 spiro atoms. The fraction of sp³-hybridized carbons (Fsp3) is 0.0769. The Morgan fingerprint density at radius 2 is 1.90 bits per heavy atom. The van der Waals surface area contributed by atoms with E-state index in [4.69, 9.17) is 0 Å². The fourth-order valence-electron chi connectivity index (χ4n) is 1.93. The molecule has 1 unspecified atom stereocenters. The van der Waals surface area contributed by atoms with Crippen molar-refractivity contribution in [2.24, 2.45) is 0 Å². The second-order valence-corrected chi connectivity index (χ2v) is 7.15. The van der Waals surface area contributed by atoms with Gasteiger partial charge in [-0.1, -0.05) is 12.1 Å². The minimum Gasteiger partial charge on any atom is -0.394 e. The predicted molar refractivity (Wildman–Crippen MR) is 81.9 cm³/mol. The molecule has 0 N–H and O–H groups in total. The van der Waals surface area contributed by atoms with Crippen LogP contribution in [0.2, 0.25) is 0 Å². The Morgan fingerprint density at radius 3 is 2.62 bits per heavy atom. The second kappa shape index (κ2) is 5.26. The predicted octanol–water partition coefficient (Wildman–Crippen LogP) is 5.38. The minimum atomic E-state index is -4.89. The molecule has 0 aliphatic rings. The molecule has 0 saturated carbocycles. The molecule has 0 aliphatic heterocycles. The number of hydrogen-bond donors (Lipinski definition) is 0. The van der Waals surface area contributed by atoms with E-state index in [9.17, 15) is 17.4 Å². The first kappa shape index (κ1) is 14.8. The molecule has 0 saturated heterocycles. The van der Waals surface area contributed by atoms with E-state index in [1.54, 1.807) is 6.07 Å². The molecule has 3 aromatic rings. The molecular formula is C13H6BrF3O2S2. The molecular weight excluding hydrogens is 389 g/mol. The van der Waals surface area contributed by atoms with Crippen molar-refractivity contribution in [3.63, 3.8) is 0 Å². The third-order valence-electron chi connectivity index (χ3n) is 2.78. The van der Waals surface area contributed by atoms with Crippen molar-refractivity contribution in [2.45, 2.75) is 5.51 Å². The normalized spacial score (nSPS) is 13.7. The summed E-state index contributed by atoms with van der Waals surface area (Å²) in [7, 11) is 0. The van der Waals surface area contributed by atoms with Crippen LogP contribution in [0.4, 0.5) is 13.2 Å². The SMILES string of the molecule is O=S(Oc1ccc2c(c1)sc1c(Br)cccc12)C(F)(F)F. The number of alkyl halides is 3. The summed E-state index contributed by atoms with van der Waals surface area (Å²) in [6, 6.07) is 10.3. The Hall–Kier alpha value is -1.12. The Balaban J connectivity index is 2.07. The zero-order valence-corrected chi connectivity index (χ0v) is 13.3. The molecule has 1 atom stereocenters. The highest BCUT2D eigenvalue weighted by atomic mass is 79.9. The number of hydrogen-bond acceptors (Lipinski definition) is 3. The molecule has 2 aromatic carbocycles. The lowest BCUT2D eigenvalue weighted by Gasteiger charge is -2.07. The Kier molecular flexibility index (Phi) is 3.71. The third-order valence-corrected chi connectivity index (χ3v) is 5.63. The monoisotopic (exact) mass is 394 g/mol. The molecule has 0 amide bonds.